The van der Waals surface area contributed by atoms with E-state index in [-0.39, 0.29) is 0 Å². The third-order valence-corrected chi connectivity index (χ3v) is 3.32. The van der Waals surface area contributed by atoms with E-state index in [1.165, 1.54) is 11.5 Å². The molecule has 72 valence electrons. The van der Waals surface area contributed by atoms with Crippen molar-refractivity contribution in [2.75, 3.05) is 6.26 Å². The van der Waals surface area contributed by atoms with Crippen LogP contribution in [0.3, 0.4) is 0 Å². The van der Waals surface area contributed by atoms with Crippen molar-refractivity contribution in [1.82, 2.24) is 9.36 Å². The van der Waals surface area contributed by atoms with Crippen molar-refractivity contribution in [3.05, 3.63) is 29.3 Å². The molecule has 0 spiro atoms. The Hall–Kier alpha value is -0.580. The summed E-state index contributed by atoms with van der Waals surface area (Å²) in [5.74, 6) is 0. The SMILES string of the molecule is CSc1nsc(-c2cccc(Cl)c2)n1. The molecule has 1 aromatic carbocycles. The molecule has 0 radical (unpaired) electrons. The van der Waals surface area contributed by atoms with E-state index in [2.05, 4.69) is 9.36 Å². The quantitative estimate of drug-likeness (QED) is 0.753. The van der Waals surface area contributed by atoms with Crippen molar-refractivity contribution in [1.29, 1.82) is 0 Å². The Balaban J connectivity index is 2.39. The maximum Gasteiger partial charge on any atom is 0.200 e. The molecular weight excluding hydrogens is 236 g/mol. The normalized spacial score (nSPS) is 10.4. The summed E-state index contributed by atoms with van der Waals surface area (Å²) in [7, 11) is 0. The van der Waals surface area contributed by atoms with Gasteiger partial charge in [0.05, 0.1) is 0 Å². The van der Waals surface area contributed by atoms with Gasteiger partial charge in [-0.15, -0.1) is 0 Å². The Bertz CT molecular complexity index is 442. The third kappa shape index (κ3) is 2.08. The standard InChI is InChI=1S/C9H7ClN2S2/c1-13-9-11-8(14-12-9)6-3-2-4-7(10)5-6/h2-5H,1H3. The molecule has 2 aromatic rings. The maximum atomic E-state index is 5.89. The molecular formula is C9H7ClN2S2. The van der Waals surface area contributed by atoms with Crippen molar-refractivity contribution in [3.63, 3.8) is 0 Å². The van der Waals surface area contributed by atoms with Gasteiger partial charge in [-0.2, -0.15) is 4.37 Å². The van der Waals surface area contributed by atoms with E-state index in [1.54, 1.807) is 11.8 Å². The lowest BCUT2D eigenvalue weighted by Crippen LogP contribution is -1.76. The molecule has 0 aliphatic rings. The fraction of sp³-hybridized carbons (Fsp3) is 0.111. The van der Waals surface area contributed by atoms with Crippen molar-refractivity contribution < 1.29 is 0 Å². The van der Waals surface area contributed by atoms with Crippen LogP contribution in [0.2, 0.25) is 5.02 Å². The minimum atomic E-state index is 0.725. The minimum absolute atomic E-state index is 0.725. The average Bonchev–Trinajstić information content (AvgIpc) is 2.66. The zero-order valence-corrected chi connectivity index (χ0v) is 9.79. The first-order valence-electron chi connectivity index (χ1n) is 3.93. The second-order valence-corrected chi connectivity index (χ2v) is 4.56. The van der Waals surface area contributed by atoms with Crippen molar-refractivity contribution in [2.24, 2.45) is 0 Å². The molecule has 1 heterocycles. The highest BCUT2D eigenvalue weighted by atomic mass is 35.5. The summed E-state index contributed by atoms with van der Waals surface area (Å²) < 4.78 is 4.19. The second kappa shape index (κ2) is 4.29. The van der Waals surface area contributed by atoms with Gasteiger partial charge >= 0.3 is 0 Å². The lowest BCUT2D eigenvalue weighted by Gasteiger charge is -1.94. The van der Waals surface area contributed by atoms with E-state index in [0.717, 1.165) is 20.8 Å². The van der Waals surface area contributed by atoms with Gasteiger partial charge in [-0.25, -0.2) is 4.98 Å². The predicted octanol–water partition coefficient (Wildman–Crippen LogP) is 3.58. The van der Waals surface area contributed by atoms with E-state index in [9.17, 15) is 0 Å². The van der Waals surface area contributed by atoms with Gasteiger partial charge in [0.25, 0.3) is 0 Å². The van der Waals surface area contributed by atoms with Crippen LogP contribution < -0.4 is 0 Å². The molecule has 0 bridgehead atoms. The van der Waals surface area contributed by atoms with Gasteiger partial charge in [0.2, 0.25) is 0 Å². The van der Waals surface area contributed by atoms with E-state index in [1.807, 2.05) is 30.5 Å². The van der Waals surface area contributed by atoms with Crippen LogP contribution in [0.25, 0.3) is 10.6 Å². The number of hydrogen-bond acceptors (Lipinski definition) is 4. The first-order valence-corrected chi connectivity index (χ1v) is 6.31. The Kier molecular flexibility index (Phi) is 3.05. The third-order valence-electron chi connectivity index (χ3n) is 1.66. The predicted molar refractivity (Wildman–Crippen MR) is 62.1 cm³/mol. The molecule has 14 heavy (non-hydrogen) atoms. The van der Waals surface area contributed by atoms with E-state index < -0.39 is 0 Å². The molecule has 0 unspecified atom stereocenters. The van der Waals surface area contributed by atoms with Crippen LogP contribution >= 0.6 is 34.9 Å². The number of thioether (sulfide) groups is 1. The molecule has 0 aliphatic carbocycles. The van der Waals surface area contributed by atoms with Gasteiger partial charge < -0.3 is 0 Å². The first kappa shape index (κ1) is 9.96. The van der Waals surface area contributed by atoms with E-state index in [0.29, 0.717) is 0 Å². The zero-order valence-electron chi connectivity index (χ0n) is 7.40. The van der Waals surface area contributed by atoms with Gasteiger partial charge in [0, 0.05) is 10.6 Å². The van der Waals surface area contributed by atoms with Crippen molar-refractivity contribution in [3.8, 4) is 10.6 Å². The van der Waals surface area contributed by atoms with Gasteiger partial charge in [0.1, 0.15) is 5.01 Å². The van der Waals surface area contributed by atoms with Crippen molar-refractivity contribution in [2.45, 2.75) is 5.16 Å². The van der Waals surface area contributed by atoms with Crippen LogP contribution in [0.1, 0.15) is 0 Å². The van der Waals surface area contributed by atoms with Gasteiger partial charge in [-0.05, 0) is 29.9 Å². The summed E-state index contributed by atoms with van der Waals surface area (Å²) in [5.41, 5.74) is 1.02. The highest BCUT2D eigenvalue weighted by molar-refractivity contribution is 7.98. The Labute approximate surface area is 95.5 Å². The number of hydrogen-bond donors (Lipinski definition) is 0. The Morgan fingerprint density at radius 1 is 1.43 bits per heavy atom. The largest absolute Gasteiger partial charge is 0.209 e. The summed E-state index contributed by atoms with van der Waals surface area (Å²) in [6.45, 7) is 0. The highest BCUT2D eigenvalue weighted by Crippen LogP contribution is 2.26. The highest BCUT2D eigenvalue weighted by Gasteiger charge is 2.05. The van der Waals surface area contributed by atoms with Crippen LogP contribution in [0.15, 0.2) is 29.4 Å². The van der Waals surface area contributed by atoms with Crippen LogP contribution in [0.4, 0.5) is 0 Å². The van der Waals surface area contributed by atoms with Gasteiger partial charge in [-0.3, -0.25) is 0 Å². The molecule has 0 fully saturated rings. The molecule has 0 atom stereocenters. The Morgan fingerprint density at radius 3 is 2.93 bits per heavy atom. The average molecular weight is 243 g/mol. The topological polar surface area (TPSA) is 25.8 Å². The molecule has 0 saturated carbocycles. The molecule has 2 nitrogen and oxygen atoms in total. The number of halogens is 1. The van der Waals surface area contributed by atoms with Crippen LogP contribution in [-0.4, -0.2) is 15.6 Å². The molecule has 0 N–H and O–H groups in total. The molecule has 5 heteroatoms. The van der Waals surface area contributed by atoms with Crippen LogP contribution in [-0.2, 0) is 0 Å². The lowest BCUT2D eigenvalue weighted by atomic mass is 10.2. The minimum Gasteiger partial charge on any atom is -0.209 e. The van der Waals surface area contributed by atoms with Crippen LogP contribution in [0, 0.1) is 0 Å². The van der Waals surface area contributed by atoms with Gasteiger partial charge in [-0.1, -0.05) is 35.5 Å². The molecule has 2 rings (SSSR count). The fourth-order valence-electron chi connectivity index (χ4n) is 1.03. The summed E-state index contributed by atoms with van der Waals surface area (Å²) in [6.07, 6.45) is 1.96. The van der Waals surface area contributed by atoms with Gasteiger partial charge in [0.15, 0.2) is 5.16 Å². The lowest BCUT2D eigenvalue weighted by molar-refractivity contribution is 1.09. The zero-order chi connectivity index (χ0) is 9.97. The summed E-state index contributed by atoms with van der Waals surface area (Å²) >= 11 is 8.83. The number of benzene rings is 1. The summed E-state index contributed by atoms with van der Waals surface area (Å²) in [6, 6.07) is 7.64. The fourth-order valence-corrected chi connectivity index (χ4v) is 2.44. The van der Waals surface area contributed by atoms with E-state index >= 15 is 0 Å². The molecule has 0 aliphatic heterocycles. The molecule has 1 aromatic heterocycles. The summed E-state index contributed by atoms with van der Waals surface area (Å²) in [5, 5.41) is 2.45. The number of aromatic nitrogens is 2. The van der Waals surface area contributed by atoms with E-state index in [4.69, 9.17) is 11.6 Å². The Morgan fingerprint density at radius 2 is 2.29 bits per heavy atom. The summed E-state index contributed by atoms with van der Waals surface area (Å²) in [4.78, 5) is 4.35. The van der Waals surface area contributed by atoms with Crippen molar-refractivity contribution >= 4 is 34.9 Å². The maximum absolute atomic E-state index is 5.89. The smallest absolute Gasteiger partial charge is 0.200 e. The first-order chi connectivity index (χ1) is 6.79. The number of rotatable bonds is 2. The van der Waals surface area contributed by atoms with Crippen LogP contribution in [0.5, 0.6) is 0 Å². The second-order valence-electron chi connectivity index (χ2n) is 2.60. The molecule has 0 saturated heterocycles. The monoisotopic (exact) mass is 242 g/mol. The molecule has 0 amide bonds. The number of nitrogens with zero attached hydrogens (tertiary/aromatic N) is 2.